The van der Waals surface area contributed by atoms with E-state index >= 15 is 0 Å². The number of aromatic nitrogens is 6. The number of aromatic amines is 1. The van der Waals surface area contributed by atoms with Gasteiger partial charge in [-0.2, -0.15) is 0 Å². The molecule has 1 N–H and O–H groups in total. The summed E-state index contributed by atoms with van der Waals surface area (Å²) in [5, 5.41) is 0.593. The lowest BCUT2D eigenvalue weighted by atomic mass is 10.1. The highest BCUT2D eigenvalue weighted by molar-refractivity contribution is 5.81. The van der Waals surface area contributed by atoms with Crippen LogP contribution in [0.25, 0.3) is 27.8 Å². The molecule has 0 fully saturated rings. The summed E-state index contributed by atoms with van der Waals surface area (Å²) in [5.41, 5.74) is 3.53. The Hall–Kier alpha value is -4.07. The summed E-state index contributed by atoms with van der Waals surface area (Å²) in [6.45, 7) is 5.83. The van der Waals surface area contributed by atoms with Crippen LogP contribution < -0.4 is 11.1 Å². The maximum Gasteiger partial charge on any atom is 0.279 e. The minimum Gasteiger partial charge on any atom is -0.309 e. The molecule has 8 nitrogen and oxygen atoms in total. The molecule has 5 rings (SSSR count). The number of aryl methyl sites for hydroxylation is 3. The Kier molecular flexibility index (Phi) is 4.28. The van der Waals surface area contributed by atoms with Crippen molar-refractivity contribution in [3.63, 3.8) is 0 Å². The first-order valence-corrected chi connectivity index (χ1v) is 9.93. The summed E-state index contributed by atoms with van der Waals surface area (Å²) in [7, 11) is 0. The van der Waals surface area contributed by atoms with E-state index in [4.69, 9.17) is 4.98 Å². The van der Waals surface area contributed by atoms with Gasteiger partial charge in [0, 0.05) is 0 Å². The predicted molar refractivity (Wildman–Crippen MR) is 119 cm³/mol. The van der Waals surface area contributed by atoms with Gasteiger partial charge in [0.2, 0.25) is 0 Å². The summed E-state index contributed by atoms with van der Waals surface area (Å²) >= 11 is 0. The lowest BCUT2D eigenvalue weighted by molar-refractivity contribution is 0.715. The average Bonchev–Trinajstić information content (AvgIpc) is 3.12. The smallest absolute Gasteiger partial charge is 0.279 e. The van der Waals surface area contributed by atoms with Gasteiger partial charge >= 0.3 is 0 Å². The van der Waals surface area contributed by atoms with Crippen LogP contribution in [0, 0.1) is 20.8 Å². The van der Waals surface area contributed by atoms with Crippen LogP contribution in [0.1, 0.15) is 22.8 Å². The molecule has 3 aromatic heterocycles. The highest BCUT2D eigenvalue weighted by Crippen LogP contribution is 2.19. The van der Waals surface area contributed by atoms with Crippen molar-refractivity contribution in [3.05, 3.63) is 92.3 Å². The molecule has 0 aliphatic rings. The Morgan fingerprint density at radius 2 is 1.71 bits per heavy atom. The zero-order valence-electron chi connectivity index (χ0n) is 17.4. The number of benzene rings is 2. The van der Waals surface area contributed by atoms with Crippen LogP contribution >= 0.6 is 0 Å². The van der Waals surface area contributed by atoms with E-state index in [0.29, 0.717) is 28.2 Å². The molecule has 0 saturated carbocycles. The molecule has 5 aromatic rings. The van der Waals surface area contributed by atoms with E-state index in [-0.39, 0.29) is 23.2 Å². The highest BCUT2D eigenvalue weighted by atomic mass is 16.1. The van der Waals surface area contributed by atoms with E-state index < -0.39 is 0 Å². The van der Waals surface area contributed by atoms with Crippen LogP contribution in [0.2, 0.25) is 0 Å². The highest BCUT2D eigenvalue weighted by Gasteiger charge is 2.17. The molecule has 0 spiro atoms. The number of nitrogens with zero attached hydrogens (tertiary/aromatic N) is 5. The van der Waals surface area contributed by atoms with Crippen LogP contribution in [0.5, 0.6) is 0 Å². The summed E-state index contributed by atoms with van der Waals surface area (Å²) in [6, 6.07) is 13.4. The molecule has 0 atom stereocenters. The van der Waals surface area contributed by atoms with Crippen molar-refractivity contribution in [1.82, 2.24) is 29.1 Å². The second-order valence-electron chi connectivity index (χ2n) is 7.62. The minimum absolute atomic E-state index is 0.126. The van der Waals surface area contributed by atoms with Crippen LogP contribution in [0.15, 0.2) is 58.4 Å². The number of hydrogen-bond donors (Lipinski definition) is 1. The molecule has 3 heterocycles. The van der Waals surface area contributed by atoms with Crippen molar-refractivity contribution in [2.75, 3.05) is 0 Å². The normalized spacial score (nSPS) is 11.5. The Balaban J connectivity index is 1.81. The van der Waals surface area contributed by atoms with Crippen LogP contribution in [-0.2, 0) is 6.54 Å². The Bertz CT molecular complexity index is 1590. The lowest BCUT2D eigenvalue weighted by Crippen LogP contribution is -2.26. The monoisotopic (exact) mass is 412 g/mol. The van der Waals surface area contributed by atoms with Crippen LogP contribution in [0.3, 0.4) is 0 Å². The quantitative estimate of drug-likeness (QED) is 0.491. The van der Waals surface area contributed by atoms with E-state index in [9.17, 15) is 9.59 Å². The predicted octanol–water partition coefficient (Wildman–Crippen LogP) is 2.79. The molecule has 0 saturated heterocycles. The van der Waals surface area contributed by atoms with Gasteiger partial charge < -0.3 is 9.55 Å². The van der Waals surface area contributed by atoms with Crippen LogP contribution in [0.4, 0.5) is 0 Å². The molecule has 0 aliphatic carbocycles. The van der Waals surface area contributed by atoms with E-state index in [2.05, 4.69) is 15.0 Å². The Morgan fingerprint density at radius 1 is 0.935 bits per heavy atom. The molecule has 154 valence electrons. The molecule has 0 radical (unpaired) electrons. The first kappa shape index (κ1) is 18.9. The van der Waals surface area contributed by atoms with Gasteiger partial charge in [-0.1, -0.05) is 30.3 Å². The first-order chi connectivity index (χ1) is 14.9. The zero-order chi connectivity index (χ0) is 21.7. The summed E-state index contributed by atoms with van der Waals surface area (Å²) in [6.07, 6.45) is 1.56. The van der Waals surface area contributed by atoms with Crippen LogP contribution in [-0.4, -0.2) is 29.1 Å². The summed E-state index contributed by atoms with van der Waals surface area (Å²) < 4.78 is 3.40. The first-order valence-electron chi connectivity index (χ1n) is 9.93. The number of H-pyrrole nitrogens is 1. The molecule has 8 heteroatoms. The maximum absolute atomic E-state index is 13.7. The molecule has 0 unspecified atom stereocenters. The van der Waals surface area contributed by atoms with E-state index in [1.165, 1.54) is 0 Å². The lowest BCUT2D eigenvalue weighted by Gasteiger charge is -2.16. The second kappa shape index (κ2) is 7.02. The summed E-state index contributed by atoms with van der Waals surface area (Å²) in [5.74, 6) is 1.04. The molecule has 0 bridgehead atoms. The fourth-order valence-electron chi connectivity index (χ4n) is 3.94. The largest absolute Gasteiger partial charge is 0.309 e. The third-order valence-corrected chi connectivity index (χ3v) is 5.44. The van der Waals surface area contributed by atoms with E-state index in [1.54, 1.807) is 22.4 Å². The number of fused-ring (bicyclic) bond motifs is 2. The summed E-state index contributed by atoms with van der Waals surface area (Å²) in [4.78, 5) is 42.0. The second-order valence-corrected chi connectivity index (χ2v) is 7.62. The average molecular weight is 412 g/mol. The van der Waals surface area contributed by atoms with E-state index in [1.807, 2.05) is 56.3 Å². The number of rotatable bonds is 3. The Labute approximate surface area is 176 Å². The maximum atomic E-state index is 13.7. The van der Waals surface area contributed by atoms with Gasteiger partial charge in [0.1, 0.15) is 11.6 Å². The van der Waals surface area contributed by atoms with Gasteiger partial charge in [-0.05, 0) is 44.0 Å². The zero-order valence-corrected chi connectivity index (χ0v) is 17.4. The standard InChI is InChI=1S/C23H20N6O2/c1-13-7-4-5-10-17(13)29-18(27-16-9-6-8-14(2)19(16)23(29)31)11-28-12-24-20-21(28)25-15(3)26-22(20)30/h4-10,12H,11H2,1-3H3,(H,25,26,30). The van der Waals surface area contributed by atoms with E-state index in [0.717, 1.165) is 16.8 Å². The number of hydrogen-bond acceptors (Lipinski definition) is 5. The number of para-hydroxylation sites is 1. The molecule has 31 heavy (non-hydrogen) atoms. The number of nitrogens with one attached hydrogen (secondary N) is 1. The Morgan fingerprint density at radius 3 is 2.52 bits per heavy atom. The van der Waals surface area contributed by atoms with Crippen molar-refractivity contribution in [3.8, 4) is 5.69 Å². The fourth-order valence-corrected chi connectivity index (χ4v) is 3.94. The number of imidazole rings is 1. The molecular weight excluding hydrogens is 392 g/mol. The van der Waals surface area contributed by atoms with Crippen molar-refractivity contribution in [2.24, 2.45) is 0 Å². The van der Waals surface area contributed by atoms with Gasteiger partial charge in [0.05, 0.1) is 29.5 Å². The van der Waals surface area contributed by atoms with Gasteiger partial charge in [0.25, 0.3) is 11.1 Å². The van der Waals surface area contributed by atoms with Gasteiger partial charge in [-0.15, -0.1) is 0 Å². The van der Waals surface area contributed by atoms with Crippen molar-refractivity contribution < 1.29 is 0 Å². The SMILES string of the molecule is Cc1nc2c(ncn2Cc2nc3cccc(C)c3c(=O)n2-c2ccccc2C)c(=O)[nH]1. The third-order valence-electron chi connectivity index (χ3n) is 5.44. The van der Waals surface area contributed by atoms with Crippen molar-refractivity contribution in [1.29, 1.82) is 0 Å². The van der Waals surface area contributed by atoms with Crippen molar-refractivity contribution >= 4 is 22.1 Å². The molecule has 0 aliphatic heterocycles. The minimum atomic E-state index is -0.292. The fraction of sp³-hybridized carbons (Fsp3) is 0.174. The molecule has 2 aromatic carbocycles. The topological polar surface area (TPSA) is 98.5 Å². The van der Waals surface area contributed by atoms with Crippen molar-refractivity contribution in [2.45, 2.75) is 27.3 Å². The van der Waals surface area contributed by atoms with Gasteiger partial charge in [-0.3, -0.25) is 14.2 Å². The molecule has 0 amide bonds. The third kappa shape index (κ3) is 3.04. The molecular formula is C23H20N6O2. The van der Waals surface area contributed by atoms with Gasteiger partial charge in [-0.25, -0.2) is 15.0 Å². The van der Waals surface area contributed by atoms with Gasteiger partial charge in [0.15, 0.2) is 11.2 Å².